The fraction of sp³-hybridized carbons (Fsp3) is 0.143. The molecule has 0 aliphatic rings. The quantitative estimate of drug-likeness (QED) is 0.737. The Morgan fingerprint density at radius 1 is 1.14 bits per heavy atom. The van der Waals surface area contributed by atoms with Crippen LogP contribution in [0.4, 0.5) is 18.9 Å². The molecule has 0 unspecified atom stereocenters. The summed E-state index contributed by atoms with van der Waals surface area (Å²) < 4.78 is 57.0. The molecular formula is C7H6F3NO2S. The van der Waals surface area contributed by atoms with Gasteiger partial charge in [0.2, 0.25) is 0 Å². The van der Waals surface area contributed by atoms with Crippen molar-refractivity contribution >= 4 is 15.7 Å². The Labute approximate surface area is 78.7 Å². The van der Waals surface area contributed by atoms with Crippen molar-refractivity contribution in [2.75, 3.05) is 4.53 Å². The van der Waals surface area contributed by atoms with E-state index in [9.17, 15) is 21.7 Å². The van der Waals surface area contributed by atoms with Gasteiger partial charge in [0, 0.05) is 0 Å². The van der Waals surface area contributed by atoms with E-state index in [1.165, 1.54) is 18.2 Å². The summed E-state index contributed by atoms with van der Waals surface area (Å²) in [5.74, 6) is -3.77. The normalized spacial score (nSPS) is 11.7. The fourth-order valence-electron chi connectivity index (χ4n) is 0.762. The van der Waals surface area contributed by atoms with E-state index < -0.39 is 26.0 Å². The van der Waals surface area contributed by atoms with Crippen LogP contribution in [0.25, 0.3) is 0 Å². The summed E-state index contributed by atoms with van der Waals surface area (Å²) in [6.07, 6.45) is 0. The fourth-order valence-corrected chi connectivity index (χ4v) is 1.32. The van der Waals surface area contributed by atoms with E-state index in [4.69, 9.17) is 0 Å². The highest BCUT2D eigenvalue weighted by Gasteiger charge is 2.32. The molecule has 14 heavy (non-hydrogen) atoms. The van der Waals surface area contributed by atoms with E-state index in [2.05, 4.69) is 0 Å². The van der Waals surface area contributed by atoms with Gasteiger partial charge in [-0.15, -0.1) is 0 Å². The van der Waals surface area contributed by atoms with Crippen molar-refractivity contribution in [1.82, 2.24) is 0 Å². The monoisotopic (exact) mass is 225 g/mol. The largest absolute Gasteiger partial charge is 0.357 e. The number of nitrogens with zero attached hydrogens (tertiary/aromatic N) is 1. The Morgan fingerprint density at radius 3 is 2.07 bits per heavy atom. The summed E-state index contributed by atoms with van der Waals surface area (Å²) in [6, 6.07) is 6.32. The van der Waals surface area contributed by atoms with Gasteiger partial charge in [0.25, 0.3) is 0 Å². The van der Waals surface area contributed by atoms with Crippen molar-refractivity contribution in [3.05, 3.63) is 30.3 Å². The van der Waals surface area contributed by atoms with Gasteiger partial charge in [0.15, 0.2) is 0 Å². The van der Waals surface area contributed by atoms with Gasteiger partial charge in [-0.3, -0.25) is 0 Å². The molecule has 1 aromatic carbocycles. The molecule has 3 nitrogen and oxygen atoms in total. The molecule has 0 fully saturated rings. The summed E-state index contributed by atoms with van der Waals surface area (Å²) in [4.78, 5) is 0. The highest BCUT2D eigenvalue weighted by molar-refractivity contribution is 7.92. The third-order valence-corrected chi connectivity index (χ3v) is 2.52. The molecule has 0 atom stereocenters. The Balaban J connectivity index is 3.03. The van der Waals surface area contributed by atoms with Crippen LogP contribution in [0, 0.1) is 0 Å². The molecule has 7 heteroatoms. The number of hydrogen-bond donors (Lipinski definition) is 0. The molecule has 0 saturated carbocycles. The van der Waals surface area contributed by atoms with Crippen LogP contribution in [-0.4, -0.2) is 14.2 Å². The first-order chi connectivity index (χ1) is 6.46. The van der Waals surface area contributed by atoms with Gasteiger partial charge in [0.1, 0.15) is 0 Å². The first-order valence-electron chi connectivity index (χ1n) is 3.49. The Bertz CT molecular complexity index is 393. The number of rotatable bonds is 3. The molecule has 0 aromatic heterocycles. The number of benzene rings is 1. The molecule has 0 saturated heterocycles. The van der Waals surface area contributed by atoms with E-state index in [-0.39, 0.29) is 0 Å². The number of hydrogen-bond acceptors (Lipinski definition) is 2. The van der Waals surface area contributed by atoms with Crippen molar-refractivity contribution < 1.29 is 21.7 Å². The van der Waals surface area contributed by atoms with Crippen molar-refractivity contribution in [3.8, 4) is 0 Å². The number of sulfonamides is 1. The minimum atomic E-state index is -5.20. The summed E-state index contributed by atoms with van der Waals surface area (Å²) >= 11 is 0. The molecule has 1 aromatic rings. The lowest BCUT2D eigenvalue weighted by Crippen LogP contribution is -2.28. The Kier molecular flexibility index (Phi) is 3.00. The van der Waals surface area contributed by atoms with Gasteiger partial charge in [-0.25, -0.2) is 0 Å². The minimum absolute atomic E-state index is 0.451. The Hall–Kier alpha value is -1.24. The van der Waals surface area contributed by atoms with Gasteiger partial charge >= 0.3 is 15.8 Å². The average Bonchev–Trinajstić information content (AvgIpc) is 2.17. The molecule has 0 aliphatic carbocycles. The average molecular weight is 225 g/mol. The van der Waals surface area contributed by atoms with E-state index in [0.29, 0.717) is 0 Å². The molecule has 78 valence electrons. The van der Waals surface area contributed by atoms with Crippen molar-refractivity contribution in [1.29, 1.82) is 0 Å². The highest BCUT2D eigenvalue weighted by Crippen LogP contribution is 2.21. The van der Waals surface area contributed by atoms with E-state index in [0.717, 1.165) is 12.1 Å². The molecule has 0 heterocycles. The van der Waals surface area contributed by atoms with Gasteiger partial charge in [-0.2, -0.15) is 17.2 Å². The van der Waals surface area contributed by atoms with Crippen molar-refractivity contribution in [2.45, 2.75) is 5.76 Å². The van der Waals surface area contributed by atoms with Crippen LogP contribution >= 0.6 is 0 Å². The van der Waals surface area contributed by atoms with E-state index in [1.54, 1.807) is 0 Å². The second-order valence-corrected chi connectivity index (χ2v) is 4.06. The van der Waals surface area contributed by atoms with E-state index in [1.807, 2.05) is 0 Å². The molecule has 0 N–H and O–H groups in total. The maximum absolute atomic E-state index is 12.9. The second kappa shape index (κ2) is 3.87. The van der Waals surface area contributed by atoms with Gasteiger partial charge in [-0.05, 0) is 12.1 Å². The summed E-state index contributed by atoms with van der Waals surface area (Å²) in [5.41, 5.74) is -0.451. The zero-order valence-corrected chi connectivity index (χ0v) is 7.59. The number of halogens is 3. The molecule has 0 radical (unpaired) electrons. The van der Waals surface area contributed by atoms with Gasteiger partial charge in [0.05, 0.1) is 5.69 Å². The van der Waals surface area contributed by atoms with Crippen LogP contribution in [0.1, 0.15) is 0 Å². The summed E-state index contributed by atoms with van der Waals surface area (Å²) in [6.45, 7) is 0. The molecule has 1 rings (SSSR count). The first-order valence-corrected chi connectivity index (χ1v) is 4.99. The standard InChI is InChI=1S/C7H6F3NO2S/c8-7(9)14(12,13)11(10)6-4-2-1-3-5-6/h1-5,7H. The third kappa shape index (κ3) is 1.98. The zero-order chi connectivity index (χ0) is 10.8. The smallest absolute Gasteiger partial charge is 0.198 e. The van der Waals surface area contributed by atoms with Crippen molar-refractivity contribution in [3.63, 3.8) is 0 Å². The third-order valence-electron chi connectivity index (χ3n) is 1.41. The summed E-state index contributed by atoms with van der Waals surface area (Å²) in [7, 11) is -5.20. The van der Waals surface area contributed by atoms with Gasteiger partial charge < -0.3 is 0 Å². The number of anilines is 1. The zero-order valence-electron chi connectivity index (χ0n) is 6.77. The Morgan fingerprint density at radius 2 is 1.64 bits per heavy atom. The first kappa shape index (κ1) is 10.8. The highest BCUT2D eigenvalue weighted by atomic mass is 32.2. The number of para-hydroxylation sites is 1. The summed E-state index contributed by atoms with van der Waals surface area (Å²) in [5, 5.41) is 0. The van der Waals surface area contributed by atoms with Crippen LogP contribution in [0.2, 0.25) is 0 Å². The SMILES string of the molecule is O=S(=O)(C(F)F)N(F)c1ccccc1. The predicted octanol–water partition coefficient (Wildman–Crippen LogP) is 1.93. The second-order valence-electron chi connectivity index (χ2n) is 2.36. The maximum Gasteiger partial charge on any atom is 0.357 e. The van der Waals surface area contributed by atoms with Crippen LogP contribution < -0.4 is 4.53 Å². The molecular weight excluding hydrogens is 219 g/mol. The van der Waals surface area contributed by atoms with Crippen LogP contribution in [-0.2, 0) is 10.0 Å². The van der Waals surface area contributed by atoms with Crippen LogP contribution in [0.3, 0.4) is 0 Å². The van der Waals surface area contributed by atoms with Gasteiger partial charge in [-0.1, -0.05) is 27.2 Å². The molecule has 0 aliphatic heterocycles. The number of alkyl halides is 2. The topological polar surface area (TPSA) is 37.4 Å². The predicted molar refractivity (Wildman–Crippen MR) is 45.0 cm³/mol. The van der Waals surface area contributed by atoms with E-state index >= 15 is 0 Å². The van der Waals surface area contributed by atoms with Crippen LogP contribution in [0.15, 0.2) is 30.3 Å². The lowest BCUT2D eigenvalue weighted by atomic mass is 10.3. The molecule has 0 spiro atoms. The molecule has 0 amide bonds. The molecule has 0 bridgehead atoms. The van der Waals surface area contributed by atoms with Crippen LogP contribution in [0.5, 0.6) is 0 Å². The minimum Gasteiger partial charge on any atom is -0.198 e. The lowest BCUT2D eigenvalue weighted by molar-refractivity contribution is 0.230. The van der Waals surface area contributed by atoms with Crippen molar-refractivity contribution in [2.24, 2.45) is 0 Å². The lowest BCUT2D eigenvalue weighted by Gasteiger charge is -2.12. The maximum atomic E-state index is 12.9.